The van der Waals surface area contributed by atoms with Gasteiger partial charge >= 0.3 is 0 Å². The highest BCUT2D eigenvalue weighted by atomic mass is 19.3. The van der Waals surface area contributed by atoms with Crippen molar-refractivity contribution < 1.29 is 8.78 Å². The highest BCUT2D eigenvalue weighted by molar-refractivity contribution is 5.10. The van der Waals surface area contributed by atoms with Crippen molar-refractivity contribution in [2.45, 2.75) is 46.2 Å². The number of nitrogens with one attached hydrogen (secondary N) is 1. The molecule has 5 heteroatoms. The third-order valence-electron chi connectivity index (χ3n) is 2.48. The van der Waals surface area contributed by atoms with Gasteiger partial charge in [0, 0.05) is 18.7 Å². The molecule has 1 rings (SSSR count). The highest BCUT2D eigenvalue weighted by Gasteiger charge is 2.21. The maximum atomic E-state index is 12.7. The van der Waals surface area contributed by atoms with Crippen molar-refractivity contribution in [1.82, 2.24) is 15.1 Å². The van der Waals surface area contributed by atoms with Crippen LogP contribution in [-0.4, -0.2) is 28.8 Å². The zero-order chi connectivity index (χ0) is 12.1. The molecular formula is C11H19F2N3. The largest absolute Gasteiger partial charge is 0.309 e. The van der Waals surface area contributed by atoms with Crippen molar-refractivity contribution in [3.05, 3.63) is 17.5 Å². The fourth-order valence-electron chi connectivity index (χ4n) is 1.78. The van der Waals surface area contributed by atoms with E-state index in [9.17, 15) is 8.78 Å². The minimum absolute atomic E-state index is 0.320. The molecule has 1 aromatic heterocycles. The van der Waals surface area contributed by atoms with Crippen molar-refractivity contribution in [3.8, 4) is 0 Å². The first-order valence-corrected chi connectivity index (χ1v) is 5.63. The number of halogens is 2. The number of aryl methyl sites for hydroxylation is 2. The van der Waals surface area contributed by atoms with Crippen molar-refractivity contribution in [1.29, 1.82) is 0 Å². The fourth-order valence-corrected chi connectivity index (χ4v) is 1.78. The molecule has 0 amide bonds. The Morgan fingerprint density at radius 1 is 1.44 bits per heavy atom. The summed E-state index contributed by atoms with van der Waals surface area (Å²) in [5.41, 5.74) is 1.74. The second-order valence-electron chi connectivity index (χ2n) is 3.80. The van der Waals surface area contributed by atoms with E-state index in [0.29, 0.717) is 19.5 Å². The summed E-state index contributed by atoms with van der Waals surface area (Å²) in [5.74, 6) is 0. The minimum atomic E-state index is -2.35. The van der Waals surface area contributed by atoms with Gasteiger partial charge in [-0.05, 0) is 26.5 Å². The number of aromatic nitrogens is 2. The smallest absolute Gasteiger partial charge is 0.254 e. The molecule has 1 atom stereocenters. The molecule has 0 radical (unpaired) electrons. The third kappa shape index (κ3) is 3.27. The SMILES string of the molecule is CCNC(Cc1cc(C)nn1CC)C(F)F. The maximum absolute atomic E-state index is 12.7. The van der Waals surface area contributed by atoms with Gasteiger partial charge in [-0.1, -0.05) is 6.92 Å². The molecule has 1 heterocycles. The summed E-state index contributed by atoms with van der Waals surface area (Å²) in [6.07, 6.45) is -2.03. The number of rotatable bonds is 6. The Bertz CT molecular complexity index is 323. The van der Waals surface area contributed by atoms with E-state index in [1.54, 1.807) is 4.68 Å². The number of hydrogen-bond donors (Lipinski definition) is 1. The lowest BCUT2D eigenvalue weighted by atomic mass is 10.1. The molecule has 3 nitrogen and oxygen atoms in total. The zero-order valence-corrected chi connectivity index (χ0v) is 10.0. The quantitative estimate of drug-likeness (QED) is 0.811. The Balaban J connectivity index is 2.75. The van der Waals surface area contributed by atoms with E-state index in [0.717, 1.165) is 11.4 Å². The number of alkyl halides is 2. The summed E-state index contributed by atoms with van der Waals surface area (Å²) in [6, 6.07) is 1.09. The van der Waals surface area contributed by atoms with E-state index in [-0.39, 0.29) is 0 Å². The molecule has 1 unspecified atom stereocenters. The molecule has 0 aliphatic carbocycles. The van der Waals surface area contributed by atoms with Crippen LogP contribution in [0.5, 0.6) is 0 Å². The summed E-state index contributed by atoms with van der Waals surface area (Å²) < 4.78 is 27.2. The zero-order valence-electron chi connectivity index (χ0n) is 10.0. The lowest BCUT2D eigenvalue weighted by Gasteiger charge is -2.17. The van der Waals surface area contributed by atoms with Gasteiger partial charge in [-0.15, -0.1) is 0 Å². The van der Waals surface area contributed by atoms with Gasteiger partial charge in [-0.2, -0.15) is 5.10 Å². The Morgan fingerprint density at radius 2 is 2.12 bits per heavy atom. The van der Waals surface area contributed by atoms with Gasteiger partial charge in [-0.3, -0.25) is 4.68 Å². The minimum Gasteiger partial charge on any atom is -0.309 e. The molecule has 0 fully saturated rings. The van der Waals surface area contributed by atoms with Gasteiger partial charge in [0.25, 0.3) is 6.43 Å². The molecule has 0 aliphatic rings. The summed E-state index contributed by atoms with van der Waals surface area (Å²) in [7, 11) is 0. The topological polar surface area (TPSA) is 29.9 Å². The van der Waals surface area contributed by atoms with Crippen LogP contribution in [0.2, 0.25) is 0 Å². The van der Waals surface area contributed by atoms with Gasteiger partial charge in [0.15, 0.2) is 0 Å². The molecular weight excluding hydrogens is 212 g/mol. The molecule has 16 heavy (non-hydrogen) atoms. The predicted molar refractivity (Wildman–Crippen MR) is 59.8 cm³/mol. The molecule has 1 aromatic rings. The van der Waals surface area contributed by atoms with E-state index in [2.05, 4.69) is 10.4 Å². The van der Waals surface area contributed by atoms with Crippen molar-refractivity contribution in [2.75, 3.05) is 6.54 Å². The van der Waals surface area contributed by atoms with Crippen LogP contribution in [-0.2, 0) is 13.0 Å². The van der Waals surface area contributed by atoms with E-state index < -0.39 is 12.5 Å². The summed E-state index contributed by atoms with van der Waals surface area (Å²) in [4.78, 5) is 0. The Morgan fingerprint density at radius 3 is 2.62 bits per heavy atom. The van der Waals surface area contributed by atoms with Crippen LogP contribution in [0.15, 0.2) is 6.07 Å². The van der Waals surface area contributed by atoms with Crippen LogP contribution in [0.25, 0.3) is 0 Å². The van der Waals surface area contributed by atoms with Crippen LogP contribution in [0.1, 0.15) is 25.2 Å². The Kier molecular flexibility index (Phi) is 4.86. The van der Waals surface area contributed by atoms with Gasteiger partial charge in [-0.25, -0.2) is 8.78 Å². The van der Waals surface area contributed by atoms with Crippen molar-refractivity contribution in [2.24, 2.45) is 0 Å². The second kappa shape index (κ2) is 5.94. The molecule has 92 valence electrons. The first kappa shape index (κ1) is 13.1. The average molecular weight is 231 g/mol. The lowest BCUT2D eigenvalue weighted by molar-refractivity contribution is 0.0981. The first-order valence-electron chi connectivity index (χ1n) is 5.63. The standard InChI is InChI=1S/C11H19F2N3/c1-4-14-10(11(12)13)7-9-6-8(3)15-16(9)5-2/h6,10-11,14H,4-5,7H2,1-3H3. The van der Waals surface area contributed by atoms with E-state index in [1.807, 2.05) is 26.8 Å². The summed E-state index contributed by atoms with van der Waals surface area (Å²) >= 11 is 0. The van der Waals surface area contributed by atoms with E-state index >= 15 is 0 Å². The number of likely N-dealkylation sites (N-methyl/N-ethyl adjacent to an activating group) is 1. The van der Waals surface area contributed by atoms with Crippen molar-refractivity contribution >= 4 is 0 Å². The van der Waals surface area contributed by atoms with Crippen LogP contribution in [0, 0.1) is 6.92 Å². The summed E-state index contributed by atoms with van der Waals surface area (Å²) in [5, 5.41) is 7.05. The normalized spacial score (nSPS) is 13.4. The lowest BCUT2D eigenvalue weighted by Crippen LogP contribution is -2.37. The van der Waals surface area contributed by atoms with Gasteiger partial charge in [0.2, 0.25) is 0 Å². The molecule has 0 aromatic carbocycles. The third-order valence-corrected chi connectivity index (χ3v) is 2.48. The Hall–Kier alpha value is -0.970. The van der Waals surface area contributed by atoms with Gasteiger partial charge in [0.05, 0.1) is 11.7 Å². The van der Waals surface area contributed by atoms with Crippen molar-refractivity contribution in [3.63, 3.8) is 0 Å². The molecule has 0 saturated carbocycles. The average Bonchev–Trinajstić information content (AvgIpc) is 2.58. The molecule has 0 aliphatic heterocycles. The summed E-state index contributed by atoms with van der Waals surface area (Å²) in [6.45, 7) is 6.93. The maximum Gasteiger partial charge on any atom is 0.254 e. The molecule has 0 spiro atoms. The number of hydrogen-bond acceptors (Lipinski definition) is 2. The molecule has 1 N–H and O–H groups in total. The van der Waals surface area contributed by atoms with Crippen LogP contribution < -0.4 is 5.32 Å². The van der Waals surface area contributed by atoms with Gasteiger partial charge < -0.3 is 5.32 Å². The van der Waals surface area contributed by atoms with Crippen LogP contribution >= 0.6 is 0 Å². The van der Waals surface area contributed by atoms with E-state index in [1.165, 1.54) is 0 Å². The Labute approximate surface area is 94.8 Å². The fraction of sp³-hybridized carbons (Fsp3) is 0.727. The van der Waals surface area contributed by atoms with Crippen LogP contribution in [0.3, 0.4) is 0 Å². The number of nitrogens with zero attached hydrogens (tertiary/aromatic N) is 2. The van der Waals surface area contributed by atoms with E-state index in [4.69, 9.17) is 0 Å². The molecule has 0 bridgehead atoms. The monoisotopic (exact) mass is 231 g/mol. The highest BCUT2D eigenvalue weighted by Crippen LogP contribution is 2.11. The van der Waals surface area contributed by atoms with Gasteiger partial charge in [0.1, 0.15) is 0 Å². The second-order valence-corrected chi connectivity index (χ2v) is 3.80. The predicted octanol–water partition coefficient (Wildman–Crippen LogP) is 2.00. The molecule has 0 saturated heterocycles. The first-order chi connectivity index (χ1) is 7.58. The van der Waals surface area contributed by atoms with Crippen LogP contribution in [0.4, 0.5) is 8.78 Å².